The Morgan fingerprint density at radius 1 is 1.39 bits per heavy atom. The molecule has 3 unspecified atom stereocenters. The number of carbonyl (C=O) groups excluding carboxylic acids is 1. The summed E-state index contributed by atoms with van der Waals surface area (Å²) in [4.78, 5) is 11.5. The molecule has 18 heavy (non-hydrogen) atoms. The molecular weight excluding hydrogens is 252 g/mol. The Labute approximate surface area is 117 Å². The first-order valence-electron chi connectivity index (χ1n) is 6.69. The highest BCUT2D eigenvalue weighted by Gasteiger charge is 2.22. The zero-order valence-electron chi connectivity index (χ0n) is 11.7. The molecule has 0 heterocycles. The number of hydrogen-bond acceptors (Lipinski definition) is 3. The number of ether oxygens (including phenoxy) is 1. The van der Waals surface area contributed by atoms with Crippen molar-refractivity contribution in [2.45, 2.75) is 51.7 Å². The van der Waals surface area contributed by atoms with Crippen molar-refractivity contribution >= 4 is 18.3 Å². The van der Waals surface area contributed by atoms with Gasteiger partial charge in [0.25, 0.3) is 0 Å². The maximum atomic E-state index is 11.5. The van der Waals surface area contributed by atoms with E-state index >= 15 is 0 Å². The molecule has 2 N–H and O–H groups in total. The average molecular weight is 279 g/mol. The number of likely N-dealkylation sites (N-methyl/N-ethyl adjacent to an activating group) is 1. The number of amides is 1. The predicted octanol–water partition coefficient (Wildman–Crippen LogP) is 1.73. The monoisotopic (exact) mass is 278 g/mol. The van der Waals surface area contributed by atoms with E-state index in [0.717, 1.165) is 6.42 Å². The summed E-state index contributed by atoms with van der Waals surface area (Å²) in [6.45, 7) is 5.10. The van der Waals surface area contributed by atoms with Crippen molar-refractivity contribution in [1.29, 1.82) is 0 Å². The molecule has 0 radical (unpaired) electrons. The van der Waals surface area contributed by atoms with E-state index in [2.05, 4.69) is 17.6 Å². The molecule has 5 heteroatoms. The number of halogens is 1. The van der Waals surface area contributed by atoms with Crippen molar-refractivity contribution in [2.24, 2.45) is 5.92 Å². The molecule has 1 rings (SSSR count). The van der Waals surface area contributed by atoms with Crippen LogP contribution in [0.4, 0.5) is 0 Å². The Balaban J connectivity index is 0.00000289. The number of carbonyl (C=O) groups is 1. The lowest BCUT2D eigenvalue weighted by Crippen LogP contribution is -2.39. The molecule has 0 spiro atoms. The summed E-state index contributed by atoms with van der Waals surface area (Å²) in [6, 6.07) is 0.299. The van der Waals surface area contributed by atoms with Gasteiger partial charge in [0, 0.05) is 12.6 Å². The number of rotatable bonds is 6. The molecule has 0 aromatic rings. The van der Waals surface area contributed by atoms with Crippen LogP contribution in [0.3, 0.4) is 0 Å². The van der Waals surface area contributed by atoms with Gasteiger partial charge in [-0.2, -0.15) is 0 Å². The van der Waals surface area contributed by atoms with Gasteiger partial charge in [0.2, 0.25) is 5.91 Å². The lowest BCUT2D eigenvalue weighted by atomic mass is 9.88. The van der Waals surface area contributed by atoms with Gasteiger partial charge >= 0.3 is 0 Å². The van der Waals surface area contributed by atoms with E-state index in [1.54, 1.807) is 0 Å². The third kappa shape index (κ3) is 6.57. The van der Waals surface area contributed by atoms with Gasteiger partial charge in [-0.25, -0.2) is 0 Å². The van der Waals surface area contributed by atoms with Crippen molar-refractivity contribution in [3.05, 3.63) is 0 Å². The molecule has 1 aliphatic carbocycles. The molecule has 0 aromatic carbocycles. The molecule has 0 bridgehead atoms. The molecule has 1 saturated carbocycles. The summed E-state index contributed by atoms with van der Waals surface area (Å²) in [6.07, 6.45) is 5.13. The Kier molecular flexibility index (Phi) is 9.42. The van der Waals surface area contributed by atoms with Crippen LogP contribution in [0.1, 0.15) is 39.5 Å². The van der Waals surface area contributed by atoms with Gasteiger partial charge in [-0.15, -0.1) is 12.4 Å². The lowest BCUT2D eigenvalue weighted by Gasteiger charge is -2.28. The third-order valence-electron chi connectivity index (χ3n) is 3.56. The Bertz CT molecular complexity index is 239. The first kappa shape index (κ1) is 17.7. The van der Waals surface area contributed by atoms with Crippen molar-refractivity contribution in [3.8, 4) is 0 Å². The number of hydrogen-bond donors (Lipinski definition) is 2. The first-order chi connectivity index (χ1) is 8.13. The lowest BCUT2D eigenvalue weighted by molar-refractivity contribution is -0.129. The molecule has 0 aromatic heterocycles. The molecule has 3 atom stereocenters. The SMILES string of the molecule is CNC(C)CNC(=O)COC1CCCCC1C.Cl. The van der Waals surface area contributed by atoms with Gasteiger partial charge in [-0.3, -0.25) is 4.79 Å². The number of nitrogens with one attached hydrogen (secondary N) is 2. The minimum absolute atomic E-state index is 0. The highest BCUT2D eigenvalue weighted by molar-refractivity contribution is 5.85. The smallest absolute Gasteiger partial charge is 0.246 e. The quantitative estimate of drug-likeness (QED) is 0.778. The first-order valence-corrected chi connectivity index (χ1v) is 6.69. The van der Waals surface area contributed by atoms with E-state index in [1.807, 2.05) is 14.0 Å². The van der Waals surface area contributed by atoms with E-state index < -0.39 is 0 Å². The topological polar surface area (TPSA) is 50.4 Å². The molecule has 0 saturated heterocycles. The zero-order chi connectivity index (χ0) is 12.7. The van der Waals surface area contributed by atoms with E-state index in [9.17, 15) is 4.79 Å². The molecule has 1 aliphatic rings. The molecular formula is C13H27ClN2O2. The van der Waals surface area contributed by atoms with Gasteiger partial charge < -0.3 is 15.4 Å². The van der Waals surface area contributed by atoms with Crippen molar-refractivity contribution < 1.29 is 9.53 Å². The van der Waals surface area contributed by atoms with Crippen LogP contribution in [0.25, 0.3) is 0 Å². The fourth-order valence-electron chi connectivity index (χ4n) is 2.13. The van der Waals surface area contributed by atoms with Crippen LogP contribution in [0, 0.1) is 5.92 Å². The highest BCUT2D eigenvalue weighted by Crippen LogP contribution is 2.25. The van der Waals surface area contributed by atoms with Crippen LogP contribution in [0.2, 0.25) is 0 Å². The zero-order valence-corrected chi connectivity index (χ0v) is 12.5. The van der Waals surface area contributed by atoms with E-state index in [-0.39, 0.29) is 31.0 Å². The summed E-state index contributed by atoms with van der Waals surface area (Å²) in [5.41, 5.74) is 0. The van der Waals surface area contributed by atoms with E-state index in [0.29, 0.717) is 18.5 Å². The minimum Gasteiger partial charge on any atom is -0.368 e. The summed E-state index contributed by atoms with van der Waals surface area (Å²) in [5, 5.41) is 5.94. The molecule has 108 valence electrons. The van der Waals surface area contributed by atoms with Gasteiger partial charge in [0.1, 0.15) is 6.61 Å². The summed E-state index contributed by atoms with van der Waals surface area (Å²) < 4.78 is 5.69. The van der Waals surface area contributed by atoms with Gasteiger partial charge in [-0.1, -0.05) is 19.8 Å². The van der Waals surface area contributed by atoms with Crippen LogP contribution in [0.15, 0.2) is 0 Å². The second kappa shape index (κ2) is 9.59. The molecule has 4 nitrogen and oxygen atoms in total. The second-order valence-corrected chi connectivity index (χ2v) is 5.10. The Hall–Kier alpha value is -0.320. The van der Waals surface area contributed by atoms with Crippen LogP contribution in [-0.4, -0.2) is 38.3 Å². The fourth-order valence-corrected chi connectivity index (χ4v) is 2.13. The normalized spacial score (nSPS) is 25.1. The minimum atomic E-state index is -0.00938. The maximum absolute atomic E-state index is 11.5. The maximum Gasteiger partial charge on any atom is 0.246 e. The Morgan fingerprint density at radius 3 is 2.67 bits per heavy atom. The predicted molar refractivity (Wildman–Crippen MR) is 76.2 cm³/mol. The van der Waals surface area contributed by atoms with Crippen molar-refractivity contribution in [1.82, 2.24) is 10.6 Å². The third-order valence-corrected chi connectivity index (χ3v) is 3.56. The summed E-state index contributed by atoms with van der Waals surface area (Å²) >= 11 is 0. The van der Waals surface area contributed by atoms with Gasteiger partial charge in [0.05, 0.1) is 6.10 Å². The van der Waals surface area contributed by atoms with Crippen LogP contribution < -0.4 is 10.6 Å². The van der Waals surface area contributed by atoms with Crippen molar-refractivity contribution in [2.75, 3.05) is 20.2 Å². The second-order valence-electron chi connectivity index (χ2n) is 5.10. The molecule has 0 aliphatic heterocycles. The summed E-state index contributed by atoms with van der Waals surface area (Å²) in [5.74, 6) is 0.581. The van der Waals surface area contributed by atoms with Crippen LogP contribution >= 0.6 is 12.4 Å². The van der Waals surface area contributed by atoms with Gasteiger partial charge in [0.15, 0.2) is 0 Å². The fraction of sp³-hybridized carbons (Fsp3) is 0.923. The van der Waals surface area contributed by atoms with Crippen molar-refractivity contribution in [3.63, 3.8) is 0 Å². The van der Waals surface area contributed by atoms with E-state index in [4.69, 9.17) is 4.74 Å². The van der Waals surface area contributed by atoms with Crippen LogP contribution in [0.5, 0.6) is 0 Å². The van der Waals surface area contributed by atoms with Crippen LogP contribution in [-0.2, 0) is 9.53 Å². The molecule has 1 fully saturated rings. The standard InChI is InChI=1S/C13H26N2O2.ClH/c1-10-6-4-5-7-12(10)17-9-13(16)15-8-11(2)14-3;/h10-12,14H,4-9H2,1-3H3,(H,15,16);1H. The van der Waals surface area contributed by atoms with Gasteiger partial charge in [-0.05, 0) is 32.7 Å². The average Bonchev–Trinajstić information content (AvgIpc) is 2.35. The highest BCUT2D eigenvalue weighted by atomic mass is 35.5. The van der Waals surface area contributed by atoms with E-state index in [1.165, 1.54) is 19.3 Å². The Morgan fingerprint density at radius 2 is 2.06 bits per heavy atom. The molecule has 1 amide bonds. The summed E-state index contributed by atoms with van der Waals surface area (Å²) in [7, 11) is 1.89. The largest absolute Gasteiger partial charge is 0.368 e.